The van der Waals surface area contributed by atoms with E-state index in [0.717, 1.165) is 0 Å². The van der Waals surface area contributed by atoms with Crippen LogP contribution in [0.2, 0.25) is 0 Å². The van der Waals surface area contributed by atoms with Gasteiger partial charge in [-0.25, -0.2) is 0 Å². The van der Waals surface area contributed by atoms with E-state index in [1.807, 2.05) is 13.0 Å². The van der Waals surface area contributed by atoms with Gasteiger partial charge >= 0.3 is 0 Å². The largest absolute Gasteiger partial charge is 0.125 e. The molecule has 0 heteroatoms. The van der Waals surface area contributed by atoms with Crippen molar-refractivity contribution >= 4 is 0 Å². The van der Waals surface area contributed by atoms with Crippen LogP contribution in [0.5, 0.6) is 0 Å². The molecule has 0 bridgehead atoms. The van der Waals surface area contributed by atoms with Gasteiger partial charge in [-0.3, -0.25) is 0 Å². The van der Waals surface area contributed by atoms with E-state index < -0.39 is 0 Å². The topological polar surface area (TPSA) is 0 Å². The highest BCUT2D eigenvalue weighted by Crippen LogP contribution is 1.70. The Balaban J connectivity index is 3.64. The van der Waals surface area contributed by atoms with E-state index in [9.17, 15) is 0 Å². The molecule has 0 spiro atoms. The van der Waals surface area contributed by atoms with E-state index in [-0.39, 0.29) is 0 Å². The van der Waals surface area contributed by atoms with Crippen molar-refractivity contribution in [2.45, 2.75) is 6.92 Å². The van der Waals surface area contributed by atoms with E-state index in [4.69, 9.17) is 6.42 Å². The number of allylic oxidation sites excluding steroid dienone is 3. The average Bonchev–Trinajstić information content (AvgIpc) is 1.81. The summed E-state index contributed by atoms with van der Waals surface area (Å²) in [5.74, 6) is 2.36. The summed E-state index contributed by atoms with van der Waals surface area (Å²) in [4.78, 5) is 0. The maximum atomic E-state index is 4.92. The predicted octanol–water partition coefficient (Wildman–Crippen LogP) is 1.91. The Morgan fingerprint density at radius 3 is 2.75 bits per heavy atom. The molecule has 0 unspecified atom stereocenters. The molecule has 8 heavy (non-hydrogen) atoms. The number of rotatable bonds is 1. The van der Waals surface area contributed by atoms with Gasteiger partial charge in [0.2, 0.25) is 0 Å². The Kier molecular flexibility index (Phi) is 4.96. The van der Waals surface area contributed by atoms with E-state index in [2.05, 4.69) is 11.7 Å². The van der Waals surface area contributed by atoms with Gasteiger partial charge in [-0.2, -0.15) is 0 Å². The van der Waals surface area contributed by atoms with Gasteiger partial charge in [0.15, 0.2) is 0 Å². The van der Waals surface area contributed by atoms with Crippen molar-refractivity contribution in [3.05, 3.63) is 30.0 Å². The molecule has 0 heterocycles. The van der Waals surface area contributed by atoms with E-state index in [1.54, 1.807) is 18.2 Å². The van der Waals surface area contributed by atoms with Gasteiger partial charge in [0, 0.05) is 0 Å². The molecule has 0 radical (unpaired) electrons. The van der Waals surface area contributed by atoms with Crippen molar-refractivity contribution in [3.8, 4) is 12.3 Å². The van der Waals surface area contributed by atoms with Gasteiger partial charge < -0.3 is 0 Å². The molecule has 0 aliphatic carbocycles. The smallest absolute Gasteiger partial charge is 0.0115 e. The van der Waals surface area contributed by atoms with Gasteiger partial charge in [-0.15, -0.1) is 12.2 Å². The summed E-state index contributed by atoms with van der Waals surface area (Å²) < 4.78 is 0. The van der Waals surface area contributed by atoms with E-state index in [1.165, 1.54) is 0 Å². The summed E-state index contributed by atoms with van der Waals surface area (Å²) in [6, 6.07) is 0. The van der Waals surface area contributed by atoms with Crippen LogP contribution in [0.1, 0.15) is 6.92 Å². The molecule has 0 N–H and O–H groups in total. The number of terminal acetylenes is 1. The van der Waals surface area contributed by atoms with Crippen molar-refractivity contribution in [1.82, 2.24) is 0 Å². The lowest BCUT2D eigenvalue weighted by Gasteiger charge is -1.60. The predicted molar refractivity (Wildman–Crippen MR) is 36.3 cm³/mol. The second-order valence-corrected chi connectivity index (χ2v) is 1.15. The third-order valence-electron chi connectivity index (χ3n) is 0.552. The molecule has 0 aliphatic rings. The zero-order chi connectivity index (χ0) is 6.24. The fraction of sp³-hybridized carbons (Fsp3) is 0.125. The molecule has 0 aromatic heterocycles. The Bertz CT molecular complexity index is 159. The van der Waals surface area contributed by atoms with Gasteiger partial charge in [0.05, 0.1) is 0 Å². The fourth-order valence-corrected chi connectivity index (χ4v) is 0.255. The first kappa shape index (κ1) is 6.82. The minimum atomic E-state index is 1.62. The van der Waals surface area contributed by atoms with Gasteiger partial charge in [-0.05, 0) is 31.2 Å². The molecule has 0 fully saturated rings. The lowest BCUT2D eigenvalue weighted by atomic mass is 10.5. The molecule has 40 valence electrons. The molecule has 0 atom stereocenters. The Morgan fingerprint density at radius 2 is 2.25 bits per heavy atom. The summed E-state index contributed by atoms with van der Waals surface area (Å²) in [6.07, 6.45) is 11.9. The van der Waals surface area contributed by atoms with Crippen LogP contribution in [0.4, 0.5) is 0 Å². The quantitative estimate of drug-likeness (QED) is 0.271. The lowest BCUT2D eigenvalue weighted by molar-refractivity contribution is 1.76. The molecular weight excluding hydrogens is 96.1 g/mol. The van der Waals surface area contributed by atoms with Crippen molar-refractivity contribution in [3.63, 3.8) is 0 Å². The maximum Gasteiger partial charge on any atom is -0.0115 e. The van der Waals surface area contributed by atoms with Crippen LogP contribution in [0, 0.1) is 12.3 Å². The van der Waals surface area contributed by atoms with Crippen LogP contribution in [-0.4, -0.2) is 0 Å². The number of hydrogen-bond acceptors (Lipinski definition) is 0. The van der Waals surface area contributed by atoms with Crippen LogP contribution >= 0.6 is 0 Å². The highest BCUT2D eigenvalue weighted by atomic mass is 13.6. The van der Waals surface area contributed by atoms with E-state index >= 15 is 0 Å². The van der Waals surface area contributed by atoms with Gasteiger partial charge in [-0.1, -0.05) is 5.92 Å². The highest BCUT2D eigenvalue weighted by Gasteiger charge is 1.52. The second-order valence-electron chi connectivity index (χ2n) is 1.15. The molecule has 0 aromatic rings. The highest BCUT2D eigenvalue weighted by molar-refractivity contribution is 5.15. The summed E-state index contributed by atoms with van der Waals surface area (Å²) in [5.41, 5.74) is 2.85. The van der Waals surface area contributed by atoms with Crippen molar-refractivity contribution in [2.24, 2.45) is 0 Å². The van der Waals surface area contributed by atoms with Crippen LogP contribution in [0.3, 0.4) is 0 Å². The Labute approximate surface area is 50.2 Å². The first-order chi connectivity index (χ1) is 3.91. The first-order valence-electron chi connectivity index (χ1n) is 2.40. The molecule has 0 saturated heterocycles. The summed E-state index contributed by atoms with van der Waals surface area (Å²) >= 11 is 0. The van der Waals surface area contributed by atoms with Gasteiger partial charge in [0.1, 0.15) is 0 Å². The first-order valence-corrected chi connectivity index (χ1v) is 2.40. The second kappa shape index (κ2) is 5.82. The zero-order valence-corrected chi connectivity index (χ0v) is 4.89. The SMILES string of the molecule is C#C/C=C/C=C=CC. The fourth-order valence-electron chi connectivity index (χ4n) is 0.255. The van der Waals surface area contributed by atoms with Crippen LogP contribution in [-0.2, 0) is 0 Å². The van der Waals surface area contributed by atoms with Gasteiger partial charge in [0.25, 0.3) is 0 Å². The minimum absolute atomic E-state index is 1.62. The van der Waals surface area contributed by atoms with Crippen LogP contribution < -0.4 is 0 Å². The molecule has 0 rings (SSSR count). The Morgan fingerprint density at radius 1 is 1.50 bits per heavy atom. The molecule has 0 saturated carbocycles. The molecule has 0 amide bonds. The van der Waals surface area contributed by atoms with E-state index in [0.29, 0.717) is 0 Å². The normalized spacial score (nSPS) is 7.50. The summed E-state index contributed by atoms with van der Waals surface area (Å²) in [7, 11) is 0. The average molecular weight is 104 g/mol. The Hall–Kier alpha value is -1.18. The minimum Gasteiger partial charge on any atom is -0.125 e. The summed E-state index contributed by atoms with van der Waals surface area (Å²) in [6.45, 7) is 1.90. The zero-order valence-electron chi connectivity index (χ0n) is 4.89. The van der Waals surface area contributed by atoms with Crippen molar-refractivity contribution in [1.29, 1.82) is 0 Å². The third kappa shape index (κ3) is 4.82. The molecular formula is C8H8. The standard InChI is InChI=1S/C8H8/c1-3-5-7-8-6-4-2/h1,4-5,7-8H,2H3/b7-5+. The van der Waals surface area contributed by atoms with Crippen LogP contribution in [0.15, 0.2) is 30.0 Å². The van der Waals surface area contributed by atoms with Crippen molar-refractivity contribution < 1.29 is 0 Å². The summed E-state index contributed by atoms with van der Waals surface area (Å²) in [5, 5.41) is 0. The lowest BCUT2D eigenvalue weighted by Crippen LogP contribution is -1.42. The van der Waals surface area contributed by atoms with Crippen molar-refractivity contribution in [2.75, 3.05) is 0 Å². The third-order valence-corrected chi connectivity index (χ3v) is 0.552. The molecule has 0 nitrogen and oxygen atoms in total. The van der Waals surface area contributed by atoms with Crippen LogP contribution in [0.25, 0.3) is 0 Å². The maximum absolute atomic E-state index is 4.92. The molecule has 0 aromatic carbocycles. The monoisotopic (exact) mass is 104 g/mol. The molecule has 0 aliphatic heterocycles. The number of hydrogen-bond donors (Lipinski definition) is 0.